The largest absolute Gasteiger partial charge is 0.506 e. The Labute approximate surface area is 119 Å². The van der Waals surface area contributed by atoms with Crippen molar-refractivity contribution in [3.8, 4) is 11.5 Å². The van der Waals surface area contributed by atoms with Crippen LogP contribution in [0.1, 0.15) is 11.3 Å². The minimum absolute atomic E-state index is 0.0574. The molecule has 110 valence electrons. The van der Waals surface area contributed by atoms with E-state index in [-0.39, 0.29) is 40.1 Å². The van der Waals surface area contributed by atoms with Gasteiger partial charge < -0.3 is 24.5 Å². The third kappa shape index (κ3) is 2.18. The maximum Gasteiger partial charge on any atom is 0.196 e. The number of hydrogen-bond acceptors (Lipinski definition) is 6. The van der Waals surface area contributed by atoms with Gasteiger partial charge in [-0.25, -0.2) is 0 Å². The highest BCUT2D eigenvalue weighted by Gasteiger charge is 2.28. The first-order valence-electron chi connectivity index (χ1n) is 6.39. The third-order valence-electron chi connectivity index (χ3n) is 3.43. The van der Waals surface area contributed by atoms with Crippen LogP contribution in [0.15, 0.2) is 27.4 Å². The third-order valence-corrected chi connectivity index (χ3v) is 3.43. The van der Waals surface area contributed by atoms with Gasteiger partial charge in [-0.15, -0.1) is 0 Å². The number of rotatable bonds is 1. The second-order valence-corrected chi connectivity index (χ2v) is 5.12. The molecule has 0 saturated carbocycles. The molecule has 0 saturated heterocycles. The van der Waals surface area contributed by atoms with Crippen LogP contribution in [-0.4, -0.2) is 34.1 Å². The molecule has 1 aliphatic rings. The number of benzene rings is 1. The average molecular weight is 290 g/mol. The van der Waals surface area contributed by atoms with Gasteiger partial charge >= 0.3 is 0 Å². The number of phenolic OH excluding ortho intramolecular Hbond substituents is 1. The van der Waals surface area contributed by atoms with Crippen LogP contribution in [0.25, 0.3) is 17.0 Å². The summed E-state index contributed by atoms with van der Waals surface area (Å²) in [6.45, 7) is 0.941. The van der Waals surface area contributed by atoms with Gasteiger partial charge in [-0.1, -0.05) is 0 Å². The lowest BCUT2D eigenvalue weighted by Crippen LogP contribution is -2.37. The van der Waals surface area contributed by atoms with E-state index in [4.69, 9.17) is 9.15 Å². The van der Waals surface area contributed by atoms with Crippen LogP contribution in [0.2, 0.25) is 0 Å². The highest BCUT2D eigenvalue weighted by molar-refractivity contribution is 5.90. The molecule has 1 aromatic carbocycles. The van der Waals surface area contributed by atoms with E-state index < -0.39 is 12.2 Å². The van der Waals surface area contributed by atoms with Gasteiger partial charge in [-0.05, 0) is 19.1 Å². The molecular weight excluding hydrogens is 276 g/mol. The Kier molecular flexibility index (Phi) is 3.00. The SMILES string of the molecule is Cc1cc(=O)c2c(O)c3c(cc2o1)OCC(O)(CO)C=C3. The number of hydrogen-bond donors (Lipinski definition) is 3. The van der Waals surface area contributed by atoms with E-state index in [0.29, 0.717) is 5.76 Å². The monoisotopic (exact) mass is 290 g/mol. The summed E-state index contributed by atoms with van der Waals surface area (Å²) in [6.07, 6.45) is 2.76. The minimum Gasteiger partial charge on any atom is -0.506 e. The van der Waals surface area contributed by atoms with Gasteiger partial charge in [0.2, 0.25) is 0 Å². The van der Waals surface area contributed by atoms with Crippen molar-refractivity contribution in [2.45, 2.75) is 12.5 Å². The predicted molar refractivity (Wildman–Crippen MR) is 75.5 cm³/mol. The number of aliphatic hydroxyl groups excluding tert-OH is 1. The lowest BCUT2D eigenvalue weighted by atomic mass is 10.0. The van der Waals surface area contributed by atoms with Crippen molar-refractivity contribution in [1.82, 2.24) is 0 Å². The van der Waals surface area contributed by atoms with Crippen LogP contribution in [-0.2, 0) is 0 Å². The number of aryl methyl sites for hydroxylation is 1. The van der Waals surface area contributed by atoms with Gasteiger partial charge in [-0.2, -0.15) is 0 Å². The van der Waals surface area contributed by atoms with Crippen LogP contribution in [0.3, 0.4) is 0 Å². The van der Waals surface area contributed by atoms with Gasteiger partial charge in [0.25, 0.3) is 0 Å². The molecule has 1 aromatic heterocycles. The van der Waals surface area contributed by atoms with Crippen molar-refractivity contribution in [3.63, 3.8) is 0 Å². The number of ether oxygens (including phenoxy) is 1. The average Bonchev–Trinajstić information content (AvgIpc) is 2.59. The van der Waals surface area contributed by atoms with E-state index in [2.05, 4.69) is 0 Å². The van der Waals surface area contributed by atoms with Crippen molar-refractivity contribution >= 4 is 17.0 Å². The summed E-state index contributed by atoms with van der Waals surface area (Å²) in [5.74, 6) is 0.423. The first kappa shape index (κ1) is 13.7. The Morgan fingerprint density at radius 2 is 2.14 bits per heavy atom. The molecule has 0 spiro atoms. The molecule has 6 heteroatoms. The summed E-state index contributed by atoms with van der Waals surface area (Å²) >= 11 is 0. The molecule has 1 unspecified atom stereocenters. The predicted octanol–water partition coefficient (Wildman–Crippen LogP) is 0.936. The van der Waals surface area contributed by atoms with Crippen molar-refractivity contribution in [2.75, 3.05) is 13.2 Å². The highest BCUT2D eigenvalue weighted by atomic mass is 16.5. The zero-order valence-corrected chi connectivity index (χ0v) is 11.3. The molecule has 3 N–H and O–H groups in total. The quantitative estimate of drug-likeness (QED) is 0.722. The smallest absolute Gasteiger partial charge is 0.196 e. The molecule has 0 aliphatic carbocycles. The van der Waals surface area contributed by atoms with E-state index in [1.165, 1.54) is 24.3 Å². The molecule has 3 rings (SSSR count). The molecule has 0 bridgehead atoms. The number of aliphatic hydroxyl groups is 2. The number of fused-ring (bicyclic) bond motifs is 2. The maximum atomic E-state index is 12.0. The Bertz CT molecular complexity index is 804. The molecule has 1 aliphatic heterocycles. The first-order valence-corrected chi connectivity index (χ1v) is 6.39. The molecule has 2 aromatic rings. The van der Waals surface area contributed by atoms with E-state index in [1.807, 2.05) is 0 Å². The molecule has 0 fully saturated rings. The normalized spacial score (nSPS) is 20.9. The summed E-state index contributed by atoms with van der Waals surface area (Å²) < 4.78 is 10.9. The summed E-state index contributed by atoms with van der Waals surface area (Å²) in [5, 5.41) is 29.6. The second-order valence-electron chi connectivity index (χ2n) is 5.12. The fourth-order valence-corrected chi connectivity index (χ4v) is 2.28. The van der Waals surface area contributed by atoms with E-state index >= 15 is 0 Å². The maximum absolute atomic E-state index is 12.0. The Morgan fingerprint density at radius 1 is 1.38 bits per heavy atom. The van der Waals surface area contributed by atoms with Crippen molar-refractivity contribution in [1.29, 1.82) is 0 Å². The van der Waals surface area contributed by atoms with Crippen LogP contribution < -0.4 is 10.2 Å². The molecule has 21 heavy (non-hydrogen) atoms. The fraction of sp³-hybridized carbons (Fsp3) is 0.267. The summed E-state index contributed by atoms with van der Waals surface area (Å²) in [7, 11) is 0. The van der Waals surface area contributed by atoms with Crippen LogP contribution in [0.4, 0.5) is 0 Å². The molecule has 2 heterocycles. The Balaban J connectivity index is 2.29. The molecule has 1 atom stereocenters. The van der Waals surface area contributed by atoms with Crippen molar-refractivity contribution in [3.05, 3.63) is 39.8 Å². The lowest BCUT2D eigenvalue weighted by Gasteiger charge is -2.20. The van der Waals surface area contributed by atoms with E-state index in [9.17, 15) is 20.1 Å². The molecular formula is C15H14O6. The van der Waals surface area contributed by atoms with Gasteiger partial charge in [-0.3, -0.25) is 4.79 Å². The van der Waals surface area contributed by atoms with Gasteiger partial charge in [0.15, 0.2) is 5.43 Å². The van der Waals surface area contributed by atoms with Crippen molar-refractivity contribution < 1.29 is 24.5 Å². The van der Waals surface area contributed by atoms with Crippen LogP contribution in [0, 0.1) is 6.92 Å². The van der Waals surface area contributed by atoms with Crippen molar-refractivity contribution in [2.24, 2.45) is 0 Å². The van der Waals surface area contributed by atoms with Crippen LogP contribution >= 0.6 is 0 Å². The first-order chi connectivity index (χ1) is 9.93. The van der Waals surface area contributed by atoms with E-state index in [0.717, 1.165) is 0 Å². The van der Waals surface area contributed by atoms with Gasteiger partial charge in [0.05, 0.1) is 12.2 Å². The standard InChI is InChI=1S/C15H14O6/c1-8-4-10(17)13-12(21-8)5-11-9(14(13)18)2-3-15(19,6-16)7-20-11/h2-5,16,18-19H,6-7H2,1H3. The summed E-state index contributed by atoms with van der Waals surface area (Å²) in [4.78, 5) is 12.0. The zero-order valence-electron chi connectivity index (χ0n) is 11.3. The Morgan fingerprint density at radius 3 is 2.86 bits per heavy atom. The van der Waals surface area contributed by atoms with Gasteiger partial charge in [0, 0.05) is 12.1 Å². The van der Waals surface area contributed by atoms with E-state index in [1.54, 1.807) is 6.92 Å². The fourth-order valence-electron chi connectivity index (χ4n) is 2.28. The second kappa shape index (κ2) is 4.61. The topological polar surface area (TPSA) is 100 Å². The number of phenols is 1. The molecule has 0 radical (unpaired) electrons. The number of aromatic hydroxyl groups is 1. The summed E-state index contributed by atoms with van der Waals surface area (Å²) in [6, 6.07) is 2.78. The lowest BCUT2D eigenvalue weighted by molar-refractivity contribution is -0.00747. The Hall–Kier alpha value is -2.31. The highest BCUT2D eigenvalue weighted by Crippen LogP contribution is 2.38. The zero-order chi connectivity index (χ0) is 15.2. The minimum atomic E-state index is -1.54. The molecule has 6 nitrogen and oxygen atoms in total. The summed E-state index contributed by atoms with van der Waals surface area (Å²) in [5.41, 5.74) is -1.42. The molecule has 0 amide bonds. The van der Waals surface area contributed by atoms with Crippen LogP contribution in [0.5, 0.6) is 11.5 Å². The van der Waals surface area contributed by atoms with Gasteiger partial charge in [0.1, 0.15) is 40.4 Å².